The number of hydrogen-bond acceptors (Lipinski definition) is 2. The number of benzene rings is 5. The van der Waals surface area contributed by atoms with Gasteiger partial charge in [0.2, 0.25) is 0 Å². The van der Waals surface area contributed by atoms with E-state index >= 15 is 0 Å². The van der Waals surface area contributed by atoms with E-state index in [2.05, 4.69) is 126 Å². The summed E-state index contributed by atoms with van der Waals surface area (Å²) in [6, 6.07) is 38.8. The maximum Gasteiger partial charge on any atom is 0.147 e. The molecule has 0 saturated carbocycles. The summed E-state index contributed by atoms with van der Waals surface area (Å²) in [5, 5.41) is 5.02. The van der Waals surface area contributed by atoms with Crippen molar-refractivity contribution >= 4 is 44.0 Å². The van der Waals surface area contributed by atoms with Gasteiger partial charge in [0.05, 0.1) is 5.71 Å². The highest BCUT2D eigenvalue weighted by Crippen LogP contribution is 2.38. The number of nitrogens with one attached hydrogen (secondary N) is 1. The lowest BCUT2D eigenvalue weighted by Crippen LogP contribution is -2.30. The monoisotopic (exact) mass is 437 g/mol. The van der Waals surface area contributed by atoms with Crippen LogP contribution in [0.3, 0.4) is 0 Å². The van der Waals surface area contributed by atoms with Crippen molar-refractivity contribution in [3.8, 4) is 0 Å². The van der Waals surface area contributed by atoms with Gasteiger partial charge < -0.3 is 9.88 Å². The molecular weight excluding hydrogens is 414 g/mol. The minimum atomic E-state index is -0.0972. The Bertz CT molecular complexity index is 1730. The number of rotatable bonds is 2. The largest absolute Gasteiger partial charge is 0.354 e. The minimum Gasteiger partial charge on any atom is -0.354 e. The maximum absolute atomic E-state index is 5.28. The summed E-state index contributed by atoms with van der Waals surface area (Å²) in [7, 11) is 2.14. The average Bonchev–Trinajstić information content (AvgIpc) is 3.24. The molecule has 0 radical (unpaired) electrons. The summed E-state index contributed by atoms with van der Waals surface area (Å²) < 4.78 is 0. The van der Waals surface area contributed by atoms with Gasteiger partial charge in [-0.1, -0.05) is 84.9 Å². The number of fused-ring (bicyclic) bond motifs is 5. The zero-order valence-corrected chi connectivity index (χ0v) is 18.9. The molecule has 1 aliphatic rings. The standard InChI is InChI=1S/C31H23N3/c1-34-29-14-8-7-13-25(29)30(20-9-3-2-4-10-20)33-31(34)23-15-16-24-26-17-21-11-5-6-12-22(21)18-28(26)32-27(24)19-23/h2-19,31-32H,1H3. The Morgan fingerprint density at radius 2 is 1.38 bits per heavy atom. The third kappa shape index (κ3) is 2.87. The first-order valence-electron chi connectivity index (χ1n) is 11.7. The molecule has 2 heterocycles. The molecule has 1 unspecified atom stereocenters. The van der Waals surface area contributed by atoms with Crippen LogP contribution in [0.2, 0.25) is 0 Å². The van der Waals surface area contributed by atoms with Gasteiger partial charge in [-0.25, -0.2) is 0 Å². The maximum atomic E-state index is 5.28. The van der Waals surface area contributed by atoms with Crippen LogP contribution in [0.4, 0.5) is 5.69 Å². The molecule has 1 aromatic heterocycles. The molecule has 1 N–H and O–H groups in total. The van der Waals surface area contributed by atoms with E-state index in [1.807, 2.05) is 0 Å². The average molecular weight is 438 g/mol. The van der Waals surface area contributed by atoms with E-state index in [1.165, 1.54) is 43.9 Å². The summed E-state index contributed by atoms with van der Waals surface area (Å²) in [5.41, 5.74) is 8.05. The van der Waals surface area contributed by atoms with Crippen LogP contribution < -0.4 is 4.90 Å². The molecule has 0 saturated heterocycles. The minimum absolute atomic E-state index is 0.0972. The second-order valence-electron chi connectivity index (χ2n) is 9.02. The van der Waals surface area contributed by atoms with Gasteiger partial charge in [0, 0.05) is 45.7 Å². The molecule has 1 atom stereocenters. The number of aromatic nitrogens is 1. The fourth-order valence-corrected chi connectivity index (χ4v) is 5.29. The molecule has 3 nitrogen and oxygen atoms in total. The number of hydrogen-bond donors (Lipinski definition) is 1. The lowest BCUT2D eigenvalue weighted by atomic mass is 9.96. The Balaban J connectivity index is 1.40. The van der Waals surface area contributed by atoms with Crippen LogP contribution in [0.15, 0.2) is 114 Å². The molecule has 5 aromatic carbocycles. The number of aliphatic imine (C=N–C) groups is 1. The normalized spacial score (nSPS) is 15.6. The number of aromatic amines is 1. The van der Waals surface area contributed by atoms with Crippen LogP contribution in [-0.2, 0) is 0 Å². The van der Waals surface area contributed by atoms with Gasteiger partial charge >= 0.3 is 0 Å². The molecule has 3 heteroatoms. The number of H-pyrrole nitrogens is 1. The predicted molar refractivity (Wildman–Crippen MR) is 143 cm³/mol. The SMILES string of the molecule is CN1c2ccccc2C(c2ccccc2)=NC1c1ccc2c(c1)[nH]c1cc3ccccc3cc12. The van der Waals surface area contributed by atoms with E-state index in [9.17, 15) is 0 Å². The highest BCUT2D eigenvalue weighted by molar-refractivity contribution is 6.17. The van der Waals surface area contributed by atoms with Crippen molar-refractivity contribution < 1.29 is 0 Å². The fraction of sp³-hybridized carbons (Fsp3) is 0.0645. The molecule has 34 heavy (non-hydrogen) atoms. The van der Waals surface area contributed by atoms with E-state index < -0.39 is 0 Å². The zero-order valence-electron chi connectivity index (χ0n) is 18.9. The van der Waals surface area contributed by atoms with Crippen LogP contribution in [-0.4, -0.2) is 17.7 Å². The topological polar surface area (TPSA) is 31.4 Å². The summed E-state index contributed by atoms with van der Waals surface area (Å²) in [6.45, 7) is 0. The van der Waals surface area contributed by atoms with Crippen LogP contribution >= 0.6 is 0 Å². The molecule has 0 fully saturated rings. The van der Waals surface area contributed by atoms with Gasteiger partial charge in [0.15, 0.2) is 0 Å². The van der Waals surface area contributed by atoms with Gasteiger partial charge in [0.25, 0.3) is 0 Å². The summed E-state index contributed by atoms with van der Waals surface area (Å²) >= 11 is 0. The van der Waals surface area contributed by atoms with Crippen molar-refractivity contribution in [2.75, 3.05) is 11.9 Å². The smallest absolute Gasteiger partial charge is 0.147 e. The Morgan fingerprint density at radius 1 is 0.676 bits per heavy atom. The number of para-hydroxylation sites is 1. The van der Waals surface area contributed by atoms with Crippen LogP contribution in [0.25, 0.3) is 32.6 Å². The predicted octanol–water partition coefficient (Wildman–Crippen LogP) is 7.46. The molecule has 0 spiro atoms. The van der Waals surface area contributed by atoms with Crippen molar-refractivity contribution in [3.05, 3.63) is 126 Å². The van der Waals surface area contributed by atoms with Crippen molar-refractivity contribution in [2.45, 2.75) is 6.17 Å². The first-order chi connectivity index (χ1) is 16.8. The Kier molecular flexibility index (Phi) is 4.12. The Labute approximate surface area is 198 Å². The van der Waals surface area contributed by atoms with Gasteiger partial charge in [-0.05, 0) is 40.6 Å². The van der Waals surface area contributed by atoms with Crippen molar-refractivity contribution in [2.24, 2.45) is 4.99 Å². The third-order valence-electron chi connectivity index (χ3n) is 6.99. The molecule has 1 aliphatic heterocycles. The Hall–Kier alpha value is -4.37. The molecule has 0 bridgehead atoms. The van der Waals surface area contributed by atoms with E-state index in [4.69, 9.17) is 4.99 Å². The molecular formula is C31H23N3. The zero-order chi connectivity index (χ0) is 22.6. The van der Waals surface area contributed by atoms with Crippen LogP contribution in [0.5, 0.6) is 0 Å². The molecule has 0 amide bonds. The second-order valence-corrected chi connectivity index (χ2v) is 9.02. The Morgan fingerprint density at radius 3 is 2.24 bits per heavy atom. The lowest BCUT2D eigenvalue weighted by Gasteiger charge is -2.34. The van der Waals surface area contributed by atoms with Gasteiger partial charge in [0.1, 0.15) is 6.17 Å². The van der Waals surface area contributed by atoms with Crippen LogP contribution in [0.1, 0.15) is 22.9 Å². The van der Waals surface area contributed by atoms with Gasteiger partial charge in [-0.15, -0.1) is 0 Å². The molecule has 7 rings (SSSR count). The fourth-order valence-electron chi connectivity index (χ4n) is 5.29. The molecule has 162 valence electrons. The second kappa shape index (κ2) is 7.32. The van der Waals surface area contributed by atoms with Crippen molar-refractivity contribution in [1.82, 2.24) is 4.98 Å². The van der Waals surface area contributed by atoms with E-state index in [1.54, 1.807) is 0 Å². The third-order valence-corrected chi connectivity index (χ3v) is 6.99. The van der Waals surface area contributed by atoms with E-state index in [-0.39, 0.29) is 6.17 Å². The molecule has 6 aromatic rings. The van der Waals surface area contributed by atoms with Gasteiger partial charge in [-0.2, -0.15) is 0 Å². The quantitative estimate of drug-likeness (QED) is 0.299. The highest BCUT2D eigenvalue weighted by Gasteiger charge is 2.27. The van der Waals surface area contributed by atoms with Crippen LogP contribution in [0, 0.1) is 0 Å². The summed E-state index contributed by atoms with van der Waals surface area (Å²) in [4.78, 5) is 11.2. The van der Waals surface area contributed by atoms with Crippen molar-refractivity contribution in [1.29, 1.82) is 0 Å². The first-order valence-corrected chi connectivity index (χ1v) is 11.7. The van der Waals surface area contributed by atoms with Crippen molar-refractivity contribution in [3.63, 3.8) is 0 Å². The first kappa shape index (κ1) is 19.1. The molecule has 0 aliphatic carbocycles. The number of anilines is 1. The summed E-state index contributed by atoms with van der Waals surface area (Å²) in [6.07, 6.45) is -0.0972. The number of nitrogens with zero attached hydrogens (tertiary/aromatic N) is 2. The van der Waals surface area contributed by atoms with E-state index in [0.29, 0.717) is 0 Å². The van der Waals surface area contributed by atoms with E-state index in [0.717, 1.165) is 16.8 Å². The lowest BCUT2D eigenvalue weighted by molar-refractivity contribution is 0.699. The summed E-state index contributed by atoms with van der Waals surface area (Å²) in [5.74, 6) is 0. The highest BCUT2D eigenvalue weighted by atomic mass is 15.2. The van der Waals surface area contributed by atoms with Gasteiger partial charge in [-0.3, -0.25) is 4.99 Å².